The van der Waals surface area contributed by atoms with Gasteiger partial charge in [0.1, 0.15) is 5.82 Å². The van der Waals surface area contributed by atoms with Crippen molar-refractivity contribution in [3.05, 3.63) is 60.2 Å². The van der Waals surface area contributed by atoms with Crippen molar-refractivity contribution >= 4 is 28.1 Å². The van der Waals surface area contributed by atoms with E-state index in [-0.39, 0.29) is 0 Å². The van der Waals surface area contributed by atoms with Gasteiger partial charge in [0.2, 0.25) is 0 Å². The van der Waals surface area contributed by atoms with Gasteiger partial charge in [-0.25, -0.2) is 4.98 Å². The zero-order chi connectivity index (χ0) is 14.8. The molecular weight excluding hydrogens is 258 g/mol. The third kappa shape index (κ3) is 2.82. The second kappa shape index (κ2) is 5.44. The molecule has 0 bridgehead atoms. The summed E-state index contributed by atoms with van der Waals surface area (Å²) in [6.07, 6.45) is 0. The predicted octanol–water partition coefficient (Wildman–Crippen LogP) is 4.35. The molecule has 3 rings (SSSR count). The number of nitrogens with zero attached hydrogens (tertiary/aromatic N) is 2. The molecule has 1 heterocycles. The summed E-state index contributed by atoms with van der Waals surface area (Å²) in [5.74, 6) is 0.877. The summed E-state index contributed by atoms with van der Waals surface area (Å²) in [6, 6.07) is 18.6. The van der Waals surface area contributed by atoms with Gasteiger partial charge in [-0.2, -0.15) is 0 Å². The van der Waals surface area contributed by atoms with Crippen LogP contribution in [-0.4, -0.2) is 19.1 Å². The minimum atomic E-state index is 0.877. The Morgan fingerprint density at radius 3 is 2.57 bits per heavy atom. The van der Waals surface area contributed by atoms with Gasteiger partial charge in [0.15, 0.2) is 0 Å². The molecule has 0 aliphatic heterocycles. The Morgan fingerprint density at radius 2 is 1.76 bits per heavy atom. The van der Waals surface area contributed by atoms with Gasteiger partial charge in [-0.3, -0.25) is 0 Å². The number of hydrogen-bond donors (Lipinski definition) is 1. The van der Waals surface area contributed by atoms with E-state index in [4.69, 9.17) is 0 Å². The highest BCUT2D eigenvalue weighted by atomic mass is 15.1. The van der Waals surface area contributed by atoms with Gasteiger partial charge in [0, 0.05) is 30.9 Å². The van der Waals surface area contributed by atoms with Crippen molar-refractivity contribution in [3.63, 3.8) is 0 Å². The number of aryl methyl sites for hydroxylation is 1. The van der Waals surface area contributed by atoms with Crippen LogP contribution in [-0.2, 0) is 0 Å². The van der Waals surface area contributed by atoms with E-state index in [1.807, 2.05) is 38.4 Å². The van der Waals surface area contributed by atoms with E-state index in [0.717, 1.165) is 22.7 Å². The molecule has 0 radical (unpaired) electrons. The average Bonchev–Trinajstić information content (AvgIpc) is 2.47. The van der Waals surface area contributed by atoms with Crippen molar-refractivity contribution in [1.29, 1.82) is 0 Å². The molecule has 3 aromatic rings. The van der Waals surface area contributed by atoms with Crippen LogP contribution in [0.3, 0.4) is 0 Å². The van der Waals surface area contributed by atoms with Crippen LogP contribution in [0.5, 0.6) is 0 Å². The number of pyridine rings is 1. The molecule has 0 amide bonds. The fourth-order valence-corrected chi connectivity index (χ4v) is 2.42. The molecule has 0 spiro atoms. The molecule has 0 aliphatic rings. The number of nitrogens with one attached hydrogen (secondary N) is 1. The standard InChI is InChI=1S/C18H19N3/c1-13-11-18(20-17-10-5-4-9-16(13)17)19-14-7-6-8-15(12-14)21(2)3/h4-12H,1-3H3,(H,19,20). The molecule has 2 aromatic carbocycles. The maximum atomic E-state index is 4.68. The third-order valence-electron chi connectivity index (χ3n) is 3.56. The molecule has 0 saturated carbocycles. The van der Waals surface area contributed by atoms with Crippen LogP contribution in [0, 0.1) is 6.92 Å². The zero-order valence-corrected chi connectivity index (χ0v) is 12.6. The molecular formula is C18H19N3. The number of rotatable bonds is 3. The minimum absolute atomic E-state index is 0.877. The highest BCUT2D eigenvalue weighted by molar-refractivity contribution is 5.84. The van der Waals surface area contributed by atoms with Crippen molar-refractivity contribution in [2.75, 3.05) is 24.3 Å². The summed E-state index contributed by atoms with van der Waals surface area (Å²) in [4.78, 5) is 6.77. The first-order valence-corrected chi connectivity index (χ1v) is 7.04. The van der Waals surface area contributed by atoms with E-state index < -0.39 is 0 Å². The minimum Gasteiger partial charge on any atom is -0.378 e. The normalized spacial score (nSPS) is 10.6. The Kier molecular flexibility index (Phi) is 3.48. The summed E-state index contributed by atoms with van der Waals surface area (Å²) < 4.78 is 0. The van der Waals surface area contributed by atoms with Gasteiger partial charge < -0.3 is 10.2 Å². The van der Waals surface area contributed by atoms with Crippen LogP contribution in [0.2, 0.25) is 0 Å². The molecule has 0 unspecified atom stereocenters. The van der Waals surface area contributed by atoms with Crippen LogP contribution >= 0.6 is 0 Å². The monoisotopic (exact) mass is 277 g/mol. The second-order valence-corrected chi connectivity index (χ2v) is 5.41. The van der Waals surface area contributed by atoms with Gasteiger partial charge >= 0.3 is 0 Å². The van der Waals surface area contributed by atoms with Gasteiger partial charge in [-0.05, 0) is 42.8 Å². The second-order valence-electron chi connectivity index (χ2n) is 5.41. The zero-order valence-electron chi connectivity index (χ0n) is 12.6. The number of para-hydroxylation sites is 1. The third-order valence-corrected chi connectivity index (χ3v) is 3.56. The smallest absolute Gasteiger partial charge is 0.131 e. The lowest BCUT2D eigenvalue weighted by atomic mass is 10.1. The Morgan fingerprint density at radius 1 is 0.952 bits per heavy atom. The Labute approximate surface area is 125 Å². The van der Waals surface area contributed by atoms with Crippen LogP contribution in [0.4, 0.5) is 17.2 Å². The first kappa shape index (κ1) is 13.4. The Balaban J connectivity index is 1.96. The van der Waals surface area contributed by atoms with Gasteiger partial charge in [0.05, 0.1) is 5.52 Å². The quantitative estimate of drug-likeness (QED) is 0.771. The van der Waals surface area contributed by atoms with Crippen molar-refractivity contribution in [2.24, 2.45) is 0 Å². The molecule has 0 fully saturated rings. The number of hydrogen-bond acceptors (Lipinski definition) is 3. The fourth-order valence-electron chi connectivity index (χ4n) is 2.42. The van der Waals surface area contributed by atoms with Crippen LogP contribution in [0.25, 0.3) is 10.9 Å². The van der Waals surface area contributed by atoms with E-state index in [0.29, 0.717) is 0 Å². The summed E-state index contributed by atoms with van der Waals surface area (Å²) >= 11 is 0. The molecule has 21 heavy (non-hydrogen) atoms. The molecule has 3 nitrogen and oxygen atoms in total. The lowest BCUT2D eigenvalue weighted by molar-refractivity contribution is 1.13. The number of anilines is 3. The molecule has 1 aromatic heterocycles. The first-order chi connectivity index (χ1) is 10.1. The van der Waals surface area contributed by atoms with E-state index >= 15 is 0 Å². The molecule has 1 N–H and O–H groups in total. The van der Waals surface area contributed by atoms with Crippen LogP contribution < -0.4 is 10.2 Å². The molecule has 0 atom stereocenters. The van der Waals surface area contributed by atoms with Crippen molar-refractivity contribution in [2.45, 2.75) is 6.92 Å². The maximum absolute atomic E-state index is 4.68. The van der Waals surface area contributed by atoms with E-state index in [1.165, 1.54) is 10.9 Å². The van der Waals surface area contributed by atoms with Crippen LogP contribution in [0.1, 0.15) is 5.56 Å². The molecule has 0 saturated heterocycles. The Bertz CT molecular complexity index is 778. The summed E-state index contributed by atoms with van der Waals surface area (Å²) in [5, 5.41) is 4.59. The summed E-state index contributed by atoms with van der Waals surface area (Å²) in [7, 11) is 4.08. The van der Waals surface area contributed by atoms with Crippen LogP contribution in [0.15, 0.2) is 54.6 Å². The molecule has 106 valence electrons. The lowest BCUT2D eigenvalue weighted by Gasteiger charge is -2.14. The SMILES string of the molecule is Cc1cc(Nc2cccc(N(C)C)c2)nc2ccccc12. The Hall–Kier alpha value is -2.55. The highest BCUT2D eigenvalue weighted by Gasteiger charge is 2.03. The average molecular weight is 277 g/mol. The fraction of sp³-hybridized carbons (Fsp3) is 0.167. The van der Waals surface area contributed by atoms with Gasteiger partial charge in [0.25, 0.3) is 0 Å². The topological polar surface area (TPSA) is 28.2 Å². The number of aromatic nitrogens is 1. The summed E-state index contributed by atoms with van der Waals surface area (Å²) in [6.45, 7) is 2.12. The summed E-state index contributed by atoms with van der Waals surface area (Å²) in [5.41, 5.74) is 4.46. The number of fused-ring (bicyclic) bond motifs is 1. The van der Waals surface area contributed by atoms with Gasteiger partial charge in [-0.1, -0.05) is 24.3 Å². The van der Waals surface area contributed by atoms with Crippen molar-refractivity contribution < 1.29 is 0 Å². The molecule has 0 aliphatic carbocycles. The van der Waals surface area contributed by atoms with E-state index in [9.17, 15) is 0 Å². The maximum Gasteiger partial charge on any atom is 0.131 e. The van der Waals surface area contributed by atoms with E-state index in [1.54, 1.807) is 0 Å². The first-order valence-electron chi connectivity index (χ1n) is 7.04. The highest BCUT2D eigenvalue weighted by Crippen LogP contribution is 2.24. The largest absolute Gasteiger partial charge is 0.378 e. The van der Waals surface area contributed by atoms with Gasteiger partial charge in [-0.15, -0.1) is 0 Å². The number of benzene rings is 2. The van der Waals surface area contributed by atoms with E-state index in [2.05, 4.69) is 52.5 Å². The molecule has 3 heteroatoms. The van der Waals surface area contributed by atoms with Crippen molar-refractivity contribution in [3.8, 4) is 0 Å². The lowest BCUT2D eigenvalue weighted by Crippen LogP contribution is -2.08. The van der Waals surface area contributed by atoms with Crippen molar-refractivity contribution in [1.82, 2.24) is 4.98 Å². The predicted molar refractivity (Wildman–Crippen MR) is 90.5 cm³/mol.